The third kappa shape index (κ3) is 4.39. The fraction of sp³-hybridized carbons (Fsp3) is 0.471. The summed E-state index contributed by atoms with van der Waals surface area (Å²) < 4.78 is 10.8. The minimum Gasteiger partial charge on any atom is -0.492 e. The van der Waals surface area contributed by atoms with Crippen LogP contribution in [0.25, 0.3) is 0 Å². The number of rotatable bonds is 5. The van der Waals surface area contributed by atoms with Crippen LogP contribution in [0.2, 0.25) is 5.02 Å². The van der Waals surface area contributed by atoms with Gasteiger partial charge in [-0.15, -0.1) is 0 Å². The van der Waals surface area contributed by atoms with Gasteiger partial charge in [-0.3, -0.25) is 9.59 Å². The van der Waals surface area contributed by atoms with Crippen LogP contribution in [0.5, 0.6) is 5.75 Å². The average Bonchev–Trinajstić information content (AvgIpc) is 2.57. The van der Waals surface area contributed by atoms with Crippen molar-refractivity contribution in [3.63, 3.8) is 0 Å². The summed E-state index contributed by atoms with van der Waals surface area (Å²) >= 11 is 5.96. The Bertz CT molecular complexity index is 671. The second kappa shape index (κ2) is 8.02. The summed E-state index contributed by atoms with van der Waals surface area (Å²) in [6.45, 7) is 2.03. The third-order valence-corrected chi connectivity index (χ3v) is 4.07. The van der Waals surface area contributed by atoms with Gasteiger partial charge in [0.15, 0.2) is 6.10 Å². The van der Waals surface area contributed by atoms with Crippen molar-refractivity contribution < 1.29 is 19.1 Å². The molecular formula is C17H19ClN2O4. The Morgan fingerprint density at radius 1 is 1.54 bits per heavy atom. The van der Waals surface area contributed by atoms with Crippen LogP contribution in [-0.4, -0.2) is 43.1 Å². The van der Waals surface area contributed by atoms with Gasteiger partial charge in [0.25, 0.3) is 5.91 Å². The second-order valence-electron chi connectivity index (χ2n) is 5.71. The lowest BCUT2D eigenvalue weighted by molar-refractivity contribution is -0.163. The molecule has 1 aliphatic heterocycles. The second-order valence-corrected chi connectivity index (χ2v) is 6.15. The minimum atomic E-state index is -0.901. The van der Waals surface area contributed by atoms with Crippen molar-refractivity contribution in [1.82, 2.24) is 4.90 Å². The number of likely N-dealkylation sites (N-methyl/N-ethyl adjacent to an activating group) is 1. The number of carbonyl (C=O) groups is 2. The predicted molar refractivity (Wildman–Crippen MR) is 87.6 cm³/mol. The summed E-state index contributed by atoms with van der Waals surface area (Å²) in [6, 6.07) is 7.24. The van der Waals surface area contributed by atoms with Crippen LogP contribution in [0.4, 0.5) is 0 Å². The number of nitriles is 1. The number of hydrogen-bond acceptors (Lipinski definition) is 5. The Hall–Kier alpha value is -2.26. The number of benzene rings is 1. The van der Waals surface area contributed by atoms with Crippen molar-refractivity contribution in [3.05, 3.63) is 28.8 Å². The Morgan fingerprint density at radius 2 is 2.29 bits per heavy atom. The fourth-order valence-corrected chi connectivity index (χ4v) is 2.67. The van der Waals surface area contributed by atoms with Gasteiger partial charge in [0.2, 0.25) is 0 Å². The number of nitrogens with zero attached hydrogens (tertiary/aromatic N) is 2. The monoisotopic (exact) mass is 350 g/mol. The summed E-state index contributed by atoms with van der Waals surface area (Å²) in [5.41, 5.74) is 0.848. The van der Waals surface area contributed by atoms with Gasteiger partial charge in [-0.25, -0.2) is 0 Å². The van der Waals surface area contributed by atoms with E-state index in [1.54, 1.807) is 25.2 Å². The molecule has 0 radical (unpaired) electrons. The topological polar surface area (TPSA) is 79.6 Å². The molecule has 1 aromatic carbocycles. The molecule has 0 aliphatic carbocycles. The van der Waals surface area contributed by atoms with Gasteiger partial charge in [-0.05, 0) is 37.1 Å². The number of fused-ring (bicyclic) bond motifs is 1. The Labute approximate surface area is 145 Å². The number of hydrogen-bond donors (Lipinski definition) is 0. The van der Waals surface area contributed by atoms with Crippen LogP contribution in [0.15, 0.2) is 18.2 Å². The zero-order valence-electron chi connectivity index (χ0n) is 13.6. The van der Waals surface area contributed by atoms with Crippen LogP contribution in [0, 0.1) is 17.2 Å². The highest BCUT2D eigenvalue weighted by Gasteiger charge is 2.30. The molecule has 0 bridgehead atoms. The molecule has 6 nitrogen and oxygen atoms in total. The molecule has 128 valence electrons. The fourth-order valence-electron chi connectivity index (χ4n) is 2.47. The van der Waals surface area contributed by atoms with E-state index in [2.05, 4.69) is 0 Å². The van der Waals surface area contributed by atoms with E-state index in [9.17, 15) is 9.59 Å². The molecule has 7 heteroatoms. The van der Waals surface area contributed by atoms with E-state index >= 15 is 0 Å². The molecule has 1 aliphatic rings. The van der Waals surface area contributed by atoms with Gasteiger partial charge in [-0.2, -0.15) is 5.26 Å². The molecule has 1 amide bonds. The average molecular weight is 351 g/mol. The van der Waals surface area contributed by atoms with Gasteiger partial charge in [-0.1, -0.05) is 11.6 Å². The van der Waals surface area contributed by atoms with Crippen LogP contribution in [0.1, 0.15) is 18.9 Å². The number of carbonyl (C=O) groups excluding carboxylic acids is 2. The lowest BCUT2D eigenvalue weighted by Gasteiger charge is -2.26. The highest BCUT2D eigenvalue weighted by Crippen LogP contribution is 2.30. The maximum Gasteiger partial charge on any atom is 0.313 e. The van der Waals surface area contributed by atoms with Crippen LogP contribution < -0.4 is 4.74 Å². The van der Waals surface area contributed by atoms with Gasteiger partial charge in [0.1, 0.15) is 12.4 Å². The van der Waals surface area contributed by atoms with E-state index in [1.165, 1.54) is 11.8 Å². The van der Waals surface area contributed by atoms with E-state index < -0.39 is 18.0 Å². The Morgan fingerprint density at radius 3 is 3.00 bits per heavy atom. The van der Waals surface area contributed by atoms with Crippen LogP contribution in [0.3, 0.4) is 0 Å². The third-order valence-electron chi connectivity index (χ3n) is 3.84. The first-order chi connectivity index (χ1) is 11.4. The molecular weight excluding hydrogens is 332 g/mol. The standard InChI is InChI=1S/C17H19ClN2O4/c1-11(16(21)20(2)7-3-6-19)24-17(22)13-8-12-9-14(18)4-5-15(12)23-10-13/h4-5,9,11,13H,3,7-8,10H2,1-2H3/t11-,13+/m1/s1. The summed E-state index contributed by atoms with van der Waals surface area (Å²) in [4.78, 5) is 25.8. The Kier molecular flexibility index (Phi) is 6.04. The Balaban J connectivity index is 1.93. The maximum absolute atomic E-state index is 12.3. The highest BCUT2D eigenvalue weighted by molar-refractivity contribution is 6.30. The number of halogens is 1. The first-order valence-electron chi connectivity index (χ1n) is 7.66. The van der Waals surface area contributed by atoms with Crippen molar-refractivity contribution in [1.29, 1.82) is 5.26 Å². The normalized spacial score (nSPS) is 17.0. The molecule has 0 saturated carbocycles. The minimum absolute atomic E-state index is 0.207. The van der Waals surface area contributed by atoms with Crippen molar-refractivity contribution in [3.8, 4) is 11.8 Å². The van der Waals surface area contributed by atoms with E-state index in [0.29, 0.717) is 23.7 Å². The molecule has 0 aromatic heterocycles. The first-order valence-corrected chi connectivity index (χ1v) is 8.03. The van der Waals surface area contributed by atoms with Crippen molar-refractivity contribution >= 4 is 23.5 Å². The molecule has 1 heterocycles. The predicted octanol–water partition coefficient (Wildman–Crippen LogP) is 2.19. The number of esters is 1. The summed E-state index contributed by atoms with van der Waals surface area (Å²) in [5, 5.41) is 9.13. The molecule has 2 rings (SSSR count). The van der Waals surface area contributed by atoms with E-state index in [-0.39, 0.29) is 18.9 Å². The molecule has 0 saturated heterocycles. The molecule has 0 N–H and O–H groups in total. The van der Waals surface area contributed by atoms with Gasteiger partial charge in [0.05, 0.1) is 18.4 Å². The molecule has 0 unspecified atom stereocenters. The van der Waals surface area contributed by atoms with E-state index in [4.69, 9.17) is 26.3 Å². The summed E-state index contributed by atoms with van der Waals surface area (Å²) in [6.07, 6.45) is -0.210. The van der Waals surface area contributed by atoms with Crippen LogP contribution in [-0.2, 0) is 20.7 Å². The lowest BCUT2D eigenvalue weighted by Crippen LogP contribution is -2.40. The molecule has 0 spiro atoms. The van der Waals surface area contributed by atoms with Gasteiger partial charge >= 0.3 is 5.97 Å². The molecule has 24 heavy (non-hydrogen) atoms. The van der Waals surface area contributed by atoms with Crippen molar-refractivity contribution in [2.75, 3.05) is 20.2 Å². The number of ether oxygens (including phenoxy) is 2. The molecule has 0 fully saturated rings. The van der Waals surface area contributed by atoms with Crippen molar-refractivity contribution in [2.45, 2.75) is 25.9 Å². The van der Waals surface area contributed by atoms with E-state index in [0.717, 1.165) is 5.56 Å². The van der Waals surface area contributed by atoms with Gasteiger partial charge in [0, 0.05) is 18.6 Å². The SMILES string of the molecule is C[C@@H](OC(=O)[C@@H]1COc2ccc(Cl)cc2C1)C(=O)N(C)CCC#N. The van der Waals surface area contributed by atoms with E-state index in [1.807, 2.05) is 6.07 Å². The summed E-state index contributed by atoms with van der Waals surface area (Å²) in [5.74, 6) is -0.576. The first kappa shape index (κ1) is 18.1. The van der Waals surface area contributed by atoms with Crippen molar-refractivity contribution in [2.24, 2.45) is 5.92 Å². The number of amides is 1. The van der Waals surface area contributed by atoms with Gasteiger partial charge < -0.3 is 14.4 Å². The maximum atomic E-state index is 12.3. The smallest absolute Gasteiger partial charge is 0.313 e. The van der Waals surface area contributed by atoms with Crippen LogP contribution >= 0.6 is 11.6 Å². The quantitative estimate of drug-likeness (QED) is 0.760. The zero-order valence-corrected chi connectivity index (χ0v) is 14.4. The molecule has 1 aromatic rings. The lowest BCUT2D eigenvalue weighted by atomic mass is 9.97. The molecule has 2 atom stereocenters. The zero-order chi connectivity index (χ0) is 17.7. The largest absolute Gasteiger partial charge is 0.492 e. The highest BCUT2D eigenvalue weighted by atomic mass is 35.5. The summed E-state index contributed by atoms with van der Waals surface area (Å²) in [7, 11) is 1.58.